The number of nitriles is 1. The van der Waals surface area contributed by atoms with Gasteiger partial charge in [0.1, 0.15) is 6.07 Å². The fourth-order valence-electron chi connectivity index (χ4n) is 1.95. The minimum Gasteiger partial charge on any atom is -0.481 e. The summed E-state index contributed by atoms with van der Waals surface area (Å²) in [6.45, 7) is 5.93. The number of hydrogen-bond acceptors (Lipinski definition) is 3. The first kappa shape index (κ1) is 13.1. The van der Waals surface area contributed by atoms with Crippen LogP contribution in [0.5, 0.6) is 0 Å². The van der Waals surface area contributed by atoms with Crippen molar-refractivity contribution in [3.8, 4) is 6.07 Å². The molecule has 1 aliphatic rings. The summed E-state index contributed by atoms with van der Waals surface area (Å²) in [5.41, 5.74) is -0.208. The second kappa shape index (κ2) is 4.92. The molecule has 1 fully saturated rings. The van der Waals surface area contributed by atoms with Gasteiger partial charge in [0.25, 0.3) is 0 Å². The predicted octanol–water partition coefficient (Wildman–Crippen LogP) is 2.89. The monoisotopic (exact) mass is 239 g/mol. The van der Waals surface area contributed by atoms with Crippen LogP contribution in [0.25, 0.3) is 0 Å². The van der Waals surface area contributed by atoms with Crippen molar-refractivity contribution in [3.05, 3.63) is 11.0 Å². The van der Waals surface area contributed by atoms with Crippen LogP contribution in [0.4, 0.5) is 0 Å². The number of aliphatic carboxylic acids is 1. The van der Waals surface area contributed by atoms with Crippen LogP contribution >= 0.6 is 11.8 Å². The summed E-state index contributed by atoms with van der Waals surface area (Å²) in [5, 5.41) is 17.9. The second-order valence-corrected chi connectivity index (χ2v) is 5.79. The molecule has 0 saturated heterocycles. The van der Waals surface area contributed by atoms with Crippen LogP contribution < -0.4 is 0 Å². The fraction of sp³-hybridized carbons (Fsp3) is 0.667. The Kier molecular flexibility index (Phi) is 4.03. The average molecular weight is 239 g/mol. The molecule has 1 rings (SSSR count). The Labute approximate surface area is 101 Å². The third-order valence-electron chi connectivity index (χ3n) is 3.08. The molecule has 0 aliphatic heterocycles. The highest BCUT2D eigenvalue weighted by Crippen LogP contribution is 2.59. The molecule has 0 radical (unpaired) electrons. The van der Waals surface area contributed by atoms with Gasteiger partial charge in [-0.05, 0) is 23.5 Å². The van der Waals surface area contributed by atoms with Gasteiger partial charge in [-0.25, -0.2) is 0 Å². The zero-order chi connectivity index (χ0) is 12.3. The van der Waals surface area contributed by atoms with Gasteiger partial charge < -0.3 is 5.11 Å². The topological polar surface area (TPSA) is 61.1 Å². The van der Waals surface area contributed by atoms with Crippen LogP contribution in [0.1, 0.15) is 27.2 Å². The van der Waals surface area contributed by atoms with Gasteiger partial charge in [0.05, 0.1) is 10.8 Å². The molecule has 0 spiro atoms. The Morgan fingerprint density at radius 2 is 2.25 bits per heavy atom. The molecule has 0 aromatic carbocycles. The second-order valence-electron chi connectivity index (χ2n) is 4.65. The molecule has 16 heavy (non-hydrogen) atoms. The highest BCUT2D eigenvalue weighted by Gasteiger charge is 2.61. The Bertz CT molecular complexity index is 355. The zero-order valence-corrected chi connectivity index (χ0v) is 10.7. The van der Waals surface area contributed by atoms with Gasteiger partial charge in [0, 0.05) is 0 Å². The third-order valence-corrected chi connectivity index (χ3v) is 4.23. The first-order valence-electron chi connectivity index (χ1n) is 5.42. The van der Waals surface area contributed by atoms with Crippen molar-refractivity contribution in [2.45, 2.75) is 27.2 Å². The number of carboxylic acids is 1. The Morgan fingerprint density at radius 1 is 1.62 bits per heavy atom. The molecule has 0 bridgehead atoms. The number of carbonyl (C=O) groups is 1. The molecule has 1 saturated carbocycles. The van der Waals surface area contributed by atoms with Crippen LogP contribution in [-0.2, 0) is 4.79 Å². The summed E-state index contributed by atoms with van der Waals surface area (Å²) >= 11 is 1.51. The molecule has 0 aromatic rings. The fourth-order valence-corrected chi connectivity index (χ4v) is 2.68. The molecule has 4 heteroatoms. The van der Waals surface area contributed by atoms with E-state index in [0.29, 0.717) is 4.91 Å². The summed E-state index contributed by atoms with van der Waals surface area (Å²) < 4.78 is 0. The van der Waals surface area contributed by atoms with Gasteiger partial charge in [-0.3, -0.25) is 4.79 Å². The molecule has 3 nitrogen and oxygen atoms in total. The molecule has 0 aromatic heterocycles. The molecule has 88 valence electrons. The average Bonchev–Trinajstić information content (AvgIpc) is 2.75. The molecular formula is C12H17NO2S. The van der Waals surface area contributed by atoms with Crippen LogP contribution in [0.3, 0.4) is 0 Å². The van der Waals surface area contributed by atoms with E-state index in [-0.39, 0.29) is 17.3 Å². The molecule has 1 unspecified atom stereocenters. The van der Waals surface area contributed by atoms with E-state index >= 15 is 0 Å². The van der Waals surface area contributed by atoms with E-state index in [1.165, 1.54) is 11.8 Å². The first-order valence-corrected chi connectivity index (χ1v) is 6.41. The lowest BCUT2D eigenvalue weighted by molar-refractivity contribution is -0.139. The van der Waals surface area contributed by atoms with Crippen LogP contribution in [0.15, 0.2) is 11.0 Å². The van der Waals surface area contributed by atoms with E-state index in [4.69, 9.17) is 10.4 Å². The van der Waals surface area contributed by atoms with E-state index in [1.54, 1.807) is 0 Å². The van der Waals surface area contributed by atoms with E-state index < -0.39 is 5.97 Å². The highest BCUT2D eigenvalue weighted by molar-refractivity contribution is 8.03. The molecule has 2 atom stereocenters. The van der Waals surface area contributed by atoms with Gasteiger partial charge in [-0.1, -0.05) is 26.8 Å². The standard InChI is InChI=1S/C12H17NO2S/c1-4-5-16-8(7-13)6-9-10(11(14)15)12(9,2)3/h6,9-10H,4-5H2,1-3H3,(H,14,15)/b8-6+/t9-,10?/m0/s1. The van der Waals surface area contributed by atoms with Gasteiger partial charge in [-0.2, -0.15) is 5.26 Å². The minimum atomic E-state index is -0.760. The van der Waals surface area contributed by atoms with E-state index in [2.05, 4.69) is 13.0 Å². The maximum atomic E-state index is 11.0. The van der Waals surface area contributed by atoms with Gasteiger partial charge in [0.15, 0.2) is 0 Å². The van der Waals surface area contributed by atoms with E-state index in [1.807, 2.05) is 19.9 Å². The van der Waals surface area contributed by atoms with Crippen molar-refractivity contribution in [2.75, 3.05) is 5.75 Å². The Balaban J connectivity index is 2.70. The van der Waals surface area contributed by atoms with Crippen molar-refractivity contribution in [3.63, 3.8) is 0 Å². The van der Waals surface area contributed by atoms with Gasteiger partial charge >= 0.3 is 5.97 Å². The summed E-state index contributed by atoms with van der Waals surface area (Å²) in [5.74, 6) is -0.185. The predicted molar refractivity (Wildman–Crippen MR) is 64.8 cm³/mol. The maximum absolute atomic E-state index is 11.0. The van der Waals surface area contributed by atoms with Crippen molar-refractivity contribution in [2.24, 2.45) is 17.3 Å². The normalized spacial score (nSPS) is 27.2. The van der Waals surface area contributed by atoms with Crippen molar-refractivity contribution in [1.29, 1.82) is 5.26 Å². The molecule has 1 N–H and O–H groups in total. The van der Waals surface area contributed by atoms with Gasteiger partial charge in [-0.15, -0.1) is 11.8 Å². The lowest BCUT2D eigenvalue weighted by atomic mass is 10.1. The van der Waals surface area contributed by atoms with Crippen molar-refractivity contribution >= 4 is 17.7 Å². The number of thioether (sulfide) groups is 1. The minimum absolute atomic E-state index is 0.00371. The molecular weight excluding hydrogens is 222 g/mol. The smallest absolute Gasteiger partial charge is 0.307 e. The molecule has 0 amide bonds. The number of nitrogens with zero attached hydrogens (tertiary/aromatic N) is 1. The summed E-state index contributed by atoms with van der Waals surface area (Å²) in [6.07, 6.45) is 2.85. The number of carboxylic acid groups (broad SMARTS) is 1. The Hall–Kier alpha value is -0.950. The van der Waals surface area contributed by atoms with Crippen LogP contribution in [0.2, 0.25) is 0 Å². The highest BCUT2D eigenvalue weighted by atomic mass is 32.2. The van der Waals surface area contributed by atoms with Crippen LogP contribution in [0, 0.1) is 28.6 Å². The summed E-state index contributed by atoms with van der Waals surface area (Å²) in [7, 11) is 0. The van der Waals surface area contributed by atoms with Crippen molar-refractivity contribution in [1.82, 2.24) is 0 Å². The van der Waals surface area contributed by atoms with Crippen molar-refractivity contribution < 1.29 is 9.90 Å². The summed E-state index contributed by atoms with van der Waals surface area (Å²) in [6, 6.07) is 2.14. The van der Waals surface area contributed by atoms with Crippen LogP contribution in [-0.4, -0.2) is 16.8 Å². The number of allylic oxidation sites excluding steroid dienone is 2. The largest absolute Gasteiger partial charge is 0.481 e. The number of rotatable bonds is 5. The first-order chi connectivity index (χ1) is 7.45. The number of hydrogen-bond donors (Lipinski definition) is 1. The molecule has 0 heterocycles. The summed E-state index contributed by atoms with van der Waals surface area (Å²) in [4.78, 5) is 11.6. The van der Waals surface area contributed by atoms with E-state index in [9.17, 15) is 4.79 Å². The van der Waals surface area contributed by atoms with Gasteiger partial charge in [0.2, 0.25) is 0 Å². The lowest BCUT2D eigenvalue weighted by Crippen LogP contribution is -2.03. The third kappa shape index (κ3) is 2.59. The lowest BCUT2D eigenvalue weighted by Gasteiger charge is -1.98. The zero-order valence-electron chi connectivity index (χ0n) is 9.86. The van der Waals surface area contributed by atoms with E-state index in [0.717, 1.165) is 12.2 Å². The maximum Gasteiger partial charge on any atom is 0.307 e. The SMILES string of the molecule is CCCS/C(C#N)=C/[C@H]1C(C(=O)O)C1(C)C. The molecule has 1 aliphatic carbocycles. The Morgan fingerprint density at radius 3 is 2.62 bits per heavy atom. The quantitative estimate of drug-likeness (QED) is 0.749.